The van der Waals surface area contributed by atoms with Crippen molar-refractivity contribution in [2.45, 2.75) is 19.4 Å². The maximum atomic E-state index is 13.6. The van der Waals surface area contributed by atoms with Crippen LogP contribution in [0.15, 0.2) is 12.1 Å². The van der Waals surface area contributed by atoms with Gasteiger partial charge in [0.25, 0.3) is 5.69 Å². The van der Waals surface area contributed by atoms with E-state index in [1.165, 1.54) is 6.92 Å². The van der Waals surface area contributed by atoms with Crippen molar-refractivity contribution in [3.8, 4) is 5.75 Å². The van der Waals surface area contributed by atoms with Gasteiger partial charge in [-0.15, -0.1) is 0 Å². The van der Waals surface area contributed by atoms with Crippen LogP contribution < -0.4 is 10.5 Å². The van der Waals surface area contributed by atoms with Gasteiger partial charge < -0.3 is 15.6 Å². The van der Waals surface area contributed by atoms with E-state index >= 15 is 0 Å². The number of hydrogen-bond donors (Lipinski definition) is 2. The zero-order chi connectivity index (χ0) is 14.6. The summed E-state index contributed by atoms with van der Waals surface area (Å²) in [6.45, 7) is 1.47. The molecule has 0 aliphatic carbocycles. The Morgan fingerprint density at radius 2 is 2.26 bits per heavy atom. The van der Waals surface area contributed by atoms with Gasteiger partial charge >= 0.3 is 5.97 Å². The van der Waals surface area contributed by atoms with Gasteiger partial charge in [-0.25, -0.2) is 9.18 Å². The van der Waals surface area contributed by atoms with Crippen LogP contribution in [0, 0.1) is 22.9 Å². The Hall–Kier alpha value is -2.22. The Balaban J connectivity index is 3.04. The summed E-state index contributed by atoms with van der Waals surface area (Å²) >= 11 is 0. The number of aryl methyl sites for hydroxylation is 1. The zero-order valence-corrected chi connectivity index (χ0v) is 10.1. The summed E-state index contributed by atoms with van der Waals surface area (Å²) in [4.78, 5) is 20.7. The topological polar surface area (TPSA) is 116 Å². The molecule has 3 N–H and O–H groups in total. The van der Waals surface area contributed by atoms with E-state index in [2.05, 4.69) is 0 Å². The highest BCUT2D eigenvalue weighted by atomic mass is 19.1. The van der Waals surface area contributed by atoms with Crippen molar-refractivity contribution in [2.75, 3.05) is 6.54 Å². The van der Waals surface area contributed by atoms with Gasteiger partial charge in [-0.1, -0.05) is 0 Å². The number of nitro benzene ring substituents is 1. The highest BCUT2D eigenvalue weighted by Crippen LogP contribution is 2.27. The van der Waals surface area contributed by atoms with Gasteiger partial charge in [-0.05, 0) is 19.5 Å². The second-order valence-electron chi connectivity index (χ2n) is 3.85. The number of nitro groups is 1. The van der Waals surface area contributed by atoms with E-state index in [9.17, 15) is 19.3 Å². The van der Waals surface area contributed by atoms with Gasteiger partial charge in [0.1, 0.15) is 0 Å². The van der Waals surface area contributed by atoms with Gasteiger partial charge in [-0.2, -0.15) is 0 Å². The minimum absolute atomic E-state index is 0.00477. The van der Waals surface area contributed by atoms with Gasteiger partial charge in [-0.3, -0.25) is 10.1 Å². The van der Waals surface area contributed by atoms with Crippen LogP contribution >= 0.6 is 0 Å². The largest absolute Gasteiger partial charge is 0.479 e. The van der Waals surface area contributed by atoms with Gasteiger partial charge in [0.2, 0.25) is 0 Å². The molecule has 8 heteroatoms. The number of carbonyl (C=O) groups is 1. The fourth-order valence-corrected chi connectivity index (χ4v) is 1.47. The van der Waals surface area contributed by atoms with Crippen molar-refractivity contribution in [2.24, 2.45) is 5.73 Å². The fraction of sp³-hybridized carbons (Fsp3) is 0.364. The van der Waals surface area contributed by atoms with Crippen molar-refractivity contribution in [1.82, 2.24) is 0 Å². The number of benzene rings is 1. The van der Waals surface area contributed by atoms with Crippen LogP contribution in [0.4, 0.5) is 10.1 Å². The number of hydrogen-bond acceptors (Lipinski definition) is 5. The lowest BCUT2D eigenvalue weighted by atomic mass is 10.2. The highest BCUT2D eigenvalue weighted by molar-refractivity contribution is 5.72. The van der Waals surface area contributed by atoms with Crippen LogP contribution in [0.3, 0.4) is 0 Å². The molecular weight excluding hydrogens is 259 g/mol. The molecule has 1 atom stereocenters. The third-order valence-electron chi connectivity index (χ3n) is 2.42. The molecule has 0 spiro atoms. The maximum absolute atomic E-state index is 13.6. The summed E-state index contributed by atoms with van der Waals surface area (Å²) in [6, 6.07) is 1.80. The van der Waals surface area contributed by atoms with Crippen molar-refractivity contribution >= 4 is 11.7 Å². The molecule has 19 heavy (non-hydrogen) atoms. The lowest BCUT2D eigenvalue weighted by Gasteiger charge is -2.15. The van der Waals surface area contributed by atoms with Crippen molar-refractivity contribution in [3.05, 3.63) is 33.6 Å². The lowest BCUT2D eigenvalue weighted by Crippen LogP contribution is -2.30. The van der Waals surface area contributed by atoms with Crippen molar-refractivity contribution in [3.63, 3.8) is 0 Å². The molecule has 1 rings (SSSR count). The molecule has 0 aliphatic rings. The summed E-state index contributed by atoms with van der Waals surface area (Å²) in [5.41, 5.74) is 5.01. The molecule has 0 radical (unpaired) electrons. The first-order chi connectivity index (χ1) is 8.86. The molecule has 0 amide bonds. The molecule has 0 saturated carbocycles. The molecule has 0 fully saturated rings. The molecule has 0 saturated heterocycles. The van der Waals surface area contributed by atoms with E-state index in [1.54, 1.807) is 0 Å². The Kier molecular flexibility index (Phi) is 4.76. The van der Waals surface area contributed by atoms with Crippen LogP contribution in [0.2, 0.25) is 0 Å². The number of carboxylic acid groups (broad SMARTS) is 1. The molecule has 7 nitrogen and oxygen atoms in total. The first-order valence-corrected chi connectivity index (χ1v) is 5.41. The van der Waals surface area contributed by atoms with E-state index in [0.717, 1.165) is 6.07 Å². The second-order valence-corrected chi connectivity index (χ2v) is 3.85. The number of rotatable bonds is 6. The first-order valence-electron chi connectivity index (χ1n) is 5.41. The predicted octanol–water partition coefficient (Wildman–Crippen LogP) is 1.22. The number of aliphatic carboxylic acids is 1. The molecule has 1 unspecified atom stereocenters. The first kappa shape index (κ1) is 14.8. The fourth-order valence-electron chi connectivity index (χ4n) is 1.47. The number of nitrogens with zero attached hydrogens (tertiary/aromatic N) is 1. The highest BCUT2D eigenvalue weighted by Gasteiger charge is 2.22. The Morgan fingerprint density at radius 3 is 2.74 bits per heavy atom. The number of nitrogens with two attached hydrogens (primary N) is 1. The standard InChI is InChI=1S/C11H13FN2O5/c1-6-4-10(7(12)5-8(6)14(17)18)19-9(2-3-13)11(15)16/h4-5,9H,2-3,13H2,1H3,(H,15,16). The Labute approximate surface area is 107 Å². The summed E-state index contributed by atoms with van der Waals surface area (Å²) in [5.74, 6) is -2.61. The number of halogens is 1. The van der Waals surface area contributed by atoms with Crippen molar-refractivity contribution in [1.29, 1.82) is 0 Å². The monoisotopic (exact) mass is 272 g/mol. The van der Waals surface area contributed by atoms with Crippen LogP contribution in [0.1, 0.15) is 12.0 Å². The van der Waals surface area contributed by atoms with E-state index in [-0.39, 0.29) is 24.3 Å². The van der Waals surface area contributed by atoms with Gasteiger partial charge in [0.15, 0.2) is 17.7 Å². The smallest absolute Gasteiger partial charge is 0.344 e. The second kappa shape index (κ2) is 6.10. The molecule has 0 aromatic heterocycles. The third-order valence-corrected chi connectivity index (χ3v) is 2.42. The third kappa shape index (κ3) is 3.62. The molecule has 0 aliphatic heterocycles. The Bertz CT molecular complexity index is 506. The molecular formula is C11H13FN2O5. The van der Waals surface area contributed by atoms with Crippen LogP contribution in [0.25, 0.3) is 0 Å². The van der Waals surface area contributed by atoms with E-state index in [0.29, 0.717) is 6.07 Å². The summed E-state index contributed by atoms with van der Waals surface area (Å²) in [6.07, 6.45) is -1.29. The minimum Gasteiger partial charge on any atom is -0.479 e. The van der Waals surface area contributed by atoms with E-state index < -0.39 is 28.5 Å². The van der Waals surface area contributed by atoms with Crippen molar-refractivity contribution < 1.29 is 24.0 Å². The SMILES string of the molecule is Cc1cc(OC(CCN)C(=O)O)c(F)cc1[N+](=O)[O-]. The lowest BCUT2D eigenvalue weighted by molar-refractivity contribution is -0.385. The quantitative estimate of drug-likeness (QED) is 0.594. The maximum Gasteiger partial charge on any atom is 0.344 e. The van der Waals surface area contributed by atoms with E-state index in [1.807, 2.05) is 0 Å². The molecule has 1 aromatic carbocycles. The van der Waals surface area contributed by atoms with E-state index in [4.69, 9.17) is 15.6 Å². The van der Waals surface area contributed by atoms with Crippen LogP contribution in [-0.4, -0.2) is 28.6 Å². The number of ether oxygens (including phenoxy) is 1. The summed E-state index contributed by atoms with van der Waals surface area (Å²) in [5, 5.41) is 19.5. The number of carboxylic acids is 1. The summed E-state index contributed by atoms with van der Waals surface area (Å²) in [7, 11) is 0. The zero-order valence-electron chi connectivity index (χ0n) is 10.1. The molecule has 0 bridgehead atoms. The Morgan fingerprint density at radius 1 is 1.63 bits per heavy atom. The summed E-state index contributed by atoms with van der Waals surface area (Å²) < 4.78 is 18.6. The van der Waals surface area contributed by atoms with Gasteiger partial charge in [0, 0.05) is 12.0 Å². The average Bonchev–Trinajstić information content (AvgIpc) is 2.32. The molecule has 1 aromatic rings. The predicted molar refractivity (Wildman–Crippen MR) is 63.5 cm³/mol. The molecule has 0 heterocycles. The average molecular weight is 272 g/mol. The minimum atomic E-state index is -1.29. The van der Waals surface area contributed by atoms with Gasteiger partial charge in [0.05, 0.1) is 11.0 Å². The van der Waals surface area contributed by atoms with Crippen LogP contribution in [-0.2, 0) is 4.79 Å². The van der Waals surface area contributed by atoms with Crippen LogP contribution in [0.5, 0.6) is 5.75 Å². The molecule has 104 valence electrons. The normalized spacial score (nSPS) is 11.9.